The van der Waals surface area contributed by atoms with Gasteiger partial charge in [0.05, 0.1) is 11.3 Å². The Morgan fingerprint density at radius 1 is 1.26 bits per heavy atom. The van der Waals surface area contributed by atoms with Crippen molar-refractivity contribution >= 4 is 23.8 Å². The third-order valence-corrected chi connectivity index (χ3v) is 5.17. The first kappa shape index (κ1) is 24.4. The highest BCUT2D eigenvalue weighted by atomic mass is 16.1. The van der Waals surface area contributed by atoms with Crippen molar-refractivity contribution in [2.24, 2.45) is 9.98 Å². The molecule has 168 valence electrons. The van der Waals surface area contributed by atoms with Gasteiger partial charge in [-0.2, -0.15) is 0 Å². The number of anilines is 1. The first-order valence-corrected chi connectivity index (χ1v) is 10.9. The highest BCUT2D eigenvalue weighted by molar-refractivity contribution is 5.99. The molecule has 1 atom stereocenters. The Labute approximate surface area is 185 Å². The van der Waals surface area contributed by atoms with Crippen molar-refractivity contribution in [2.45, 2.75) is 47.1 Å². The minimum Gasteiger partial charge on any atom is -0.352 e. The maximum atomic E-state index is 11.9. The van der Waals surface area contributed by atoms with Crippen LogP contribution in [-0.4, -0.2) is 71.5 Å². The van der Waals surface area contributed by atoms with Crippen LogP contribution in [0, 0.1) is 0 Å². The molecule has 2 rings (SSSR count). The average Bonchev–Trinajstić information content (AvgIpc) is 3.02. The van der Waals surface area contributed by atoms with E-state index < -0.39 is 0 Å². The number of aromatic nitrogens is 2. The predicted molar refractivity (Wildman–Crippen MR) is 128 cm³/mol. The molecule has 1 fully saturated rings. The maximum absolute atomic E-state index is 11.9. The van der Waals surface area contributed by atoms with Gasteiger partial charge in [-0.3, -0.25) is 9.69 Å². The second-order valence-electron chi connectivity index (χ2n) is 7.64. The average molecular weight is 426 g/mol. The molecule has 0 saturated carbocycles. The van der Waals surface area contributed by atoms with Crippen LogP contribution < -0.4 is 10.2 Å². The van der Waals surface area contributed by atoms with Gasteiger partial charge in [-0.05, 0) is 52.7 Å². The minimum atomic E-state index is -0.149. The predicted octanol–water partition coefficient (Wildman–Crippen LogP) is 3.10. The highest BCUT2D eigenvalue weighted by Gasteiger charge is 2.23. The fourth-order valence-electron chi connectivity index (χ4n) is 3.40. The highest BCUT2D eigenvalue weighted by Crippen LogP contribution is 2.16. The molecule has 0 radical (unpaired) electrons. The van der Waals surface area contributed by atoms with Gasteiger partial charge in [0.2, 0.25) is 5.95 Å². The number of rotatable bonds is 8. The van der Waals surface area contributed by atoms with Crippen LogP contribution in [-0.2, 0) is 0 Å². The molecule has 1 saturated heterocycles. The SMILES string of the molecule is C=CC(=NC(N=CC)=C(C)C)C(C)N1CCCN(c2ncc(C(=O)NCC)cn2)CC1. The molecule has 2 heterocycles. The van der Waals surface area contributed by atoms with Crippen LogP contribution in [0.1, 0.15) is 51.4 Å². The quantitative estimate of drug-likeness (QED) is 0.647. The number of carbonyl (C=O) groups excluding carboxylic acids is 1. The number of carbonyl (C=O) groups is 1. The van der Waals surface area contributed by atoms with Crippen molar-refractivity contribution in [2.75, 3.05) is 37.6 Å². The Hall–Kier alpha value is -2.87. The van der Waals surface area contributed by atoms with Crippen LogP contribution in [0.5, 0.6) is 0 Å². The molecule has 1 N–H and O–H groups in total. The number of hydrogen-bond acceptors (Lipinski definition) is 7. The summed E-state index contributed by atoms with van der Waals surface area (Å²) in [6.45, 7) is 18.0. The van der Waals surface area contributed by atoms with Crippen molar-refractivity contribution in [1.29, 1.82) is 0 Å². The molecule has 0 aliphatic carbocycles. The molecule has 0 spiro atoms. The van der Waals surface area contributed by atoms with E-state index in [0.29, 0.717) is 18.1 Å². The standard InChI is InChI=1S/C23H35N7O/c1-7-20(28-21(17(4)5)24-8-2)18(6)29-11-10-12-30(14-13-29)23-26-15-19(16-27-23)22(31)25-9-3/h7-8,15-16,18H,1,9-14H2,2-6H3,(H,25,31). The zero-order chi connectivity index (χ0) is 22.8. The van der Waals surface area contributed by atoms with Gasteiger partial charge in [0, 0.05) is 57.4 Å². The normalized spacial score (nSPS) is 16.7. The van der Waals surface area contributed by atoms with E-state index in [1.165, 1.54) is 0 Å². The number of nitrogens with one attached hydrogen (secondary N) is 1. The van der Waals surface area contributed by atoms with Gasteiger partial charge in [-0.15, -0.1) is 0 Å². The van der Waals surface area contributed by atoms with Crippen LogP contribution in [0.2, 0.25) is 0 Å². The fourth-order valence-corrected chi connectivity index (χ4v) is 3.40. The van der Waals surface area contributed by atoms with Crippen molar-refractivity contribution < 1.29 is 4.79 Å². The molecule has 1 aromatic rings. The third kappa shape index (κ3) is 6.82. The van der Waals surface area contributed by atoms with E-state index in [2.05, 4.69) is 43.6 Å². The Balaban J connectivity index is 2.09. The smallest absolute Gasteiger partial charge is 0.254 e. The van der Waals surface area contributed by atoms with Crippen LogP contribution in [0.4, 0.5) is 5.95 Å². The summed E-state index contributed by atoms with van der Waals surface area (Å²) in [5, 5.41) is 2.76. The summed E-state index contributed by atoms with van der Waals surface area (Å²) in [6, 6.07) is 0.125. The first-order valence-electron chi connectivity index (χ1n) is 10.9. The summed E-state index contributed by atoms with van der Waals surface area (Å²) >= 11 is 0. The number of allylic oxidation sites excluding steroid dienone is 1. The number of hydrogen-bond donors (Lipinski definition) is 1. The summed E-state index contributed by atoms with van der Waals surface area (Å²) in [4.78, 5) is 34.5. The van der Waals surface area contributed by atoms with E-state index in [9.17, 15) is 4.79 Å². The molecule has 0 bridgehead atoms. The number of amides is 1. The minimum absolute atomic E-state index is 0.125. The molecule has 1 amide bonds. The van der Waals surface area contributed by atoms with Crippen molar-refractivity contribution in [3.05, 3.63) is 42.0 Å². The van der Waals surface area contributed by atoms with E-state index in [4.69, 9.17) is 4.99 Å². The van der Waals surface area contributed by atoms with Gasteiger partial charge < -0.3 is 10.2 Å². The second-order valence-corrected chi connectivity index (χ2v) is 7.64. The lowest BCUT2D eigenvalue weighted by Gasteiger charge is -2.28. The van der Waals surface area contributed by atoms with Crippen LogP contribution in [0.15, 0.2) is 46.4 Å². The largest absolute Gasteiger partial charge is 0.352 e. The molecule has 1 unspecified atom stereocenters. The van der Waals surface area contributed by atoms with Gasteiger partial charge >= 0.3 is 0 Å². The second kappa shape index (κ2) is 12.1. The van der Waals surface area contributed by atoms with Crippen LogP contribution in [0.3, 0.4) is 0 Å². The van der Waals surface area contributed by atoms with Crippen LogP contribution >= 0.6 is 0 Å². The van der Waals surface area contributed by atoms with Crippen molar-refractivity contribution in [3.63, 3.8) is 0 Å². The molecule has 31 heavy (non-hydrogen) atoms. The first-order chi connectivity index (χ1) is 14.9. The maximum Gasteiger partial charge on any atom is 0.254 e. The lowest BCUT2D eigenvalue weighted by atomic mass is 10.1. The Morgan fingerprint density at radius 3 is 2.55 bits per heavy atom. The van der Waals surface area contributed by atoms with Gasteiger partial charge in [-0.25, -0.2) is 20.0 Å². The van der Waals surface area contributed by atoms with Crippen molar-refractivity contribution in [3.8, 4) is 0 Å². The van der Waals surface area contributed by atoms with Gasteiger partial charge in [0.15, 0.2) is 0 Å². The molecule has 8 nitrogen and oxygen atoms in total. The monoisotopic (exact) mass is 425 g/mol. The van der Waals surface area contributed by atoms with E-state index in [0.717, 1.165) is 49.7 Å². The molecule has 8 heteroatoms. The summed E-state index contributed by atoms with van der Waals surface area (Å²) in [6.07, 6.45) is 7.76. The number of nitrogens with zero attached hydrogens (tertiary/aromatic N) is 6. The Bertz CT molecular complexity index is 838. The summed E-state index contributed by atoms with van der Waals surface area (Å²) in [7, 11) is 0. The lowest BCUT2D eigenvalue weighted by Crippen LogP contribution is -2.41. The molecule has 1 aliphatic heterocycles. The van der Waals surface area contributed by atoms with E-state index >= 15 is 0 Å². The van der Waals surface area contributed by atoms with Crippen LogP contribution in [0.25, 0.3) is 0 Å². The van der Waals surface area contributed by atoms with Gasteiger partial charge in [0.25, 0.3) is 5.91 Å². The summed E-state index contributed by atoms with van der Waals surface area (Å²) in [5.41, 5.74) is 2.46. The molecule has 1 aliphatic rings. The third-order valence-electron chi connectivity index (χ3n) is 5.17. The van der Waals surface area contributed by atoms with Crippen molar-refractivity contribution in [1.82, 2.24) is 20.2 Å². The topological polar surface area (TPSA) is 86.1 Å². The molecular formula is C23H35N7O. The lowest BCUT2D eigenvalue weighted by molar-refractivity contribution is 0.0955. The molecule has 1 aromatic heterocycles. The molecular weight excluding hydrogens is 390 g/mol. The van der Waals surface area contributed by atoms with Gasteiger partial charge in [0.1, 0.15) is 5.82 Å². The Morgan fingerprint density at radius 2 is 1.97 bits per heavy atom. The Kier molecular flexibility index (Phi) is 9.52. The zero-order valence-electron chi connectivity index (χ0n) is 19.4. The van der Waals surface area contributed by atoms with E-state index in [-0.39, 0.29) is 11.9 Å². The van der Waals surface area contributed by atoms with Gasteiger partial charge in [-0.1, -0.05) is 6.58 Å². The zero-order valence-corrected chi connectivity index (χ0v) is 19.4. The number of aliphatic imine (C=N–C) groups is 2. The summed E-state index contributed by atoms with van der Waals surface area (Å²) < 4.78 is 0. The van der Waals surface area contributed by atoms with E-state index in [1.54, 1.807) is 18.6 Å². The fraction of sp³-hybridized carbons (Fsp3) is 0.522. The summed E-state index contributed by atoms with van der Waals surface area (Å²) in [5.74, 6) is 1.25. The molecule has 0 aromatic carbocycles. The van der Waals surface area contributed by atoms with E-state index in [1.807, 2.05) is 33.8 Å².